The molecule has 12 rings (SSSR count). The molecule has 1 heteroatoms. The molecule has 2 aliphatic carbocycles. The largest absolute Gasteiger partial charge is 0.456 e. The first kappa shape index (κ1) is 28.0. The molecule has 0 unspecified atom stereocenters. The Balaban J connectivity index is 1.22. The summed E-state index contributed by atoms with van der Waals surface area (Å²) in [6.45, 7) is 0. The van der Waals surface area contributed by atoms with Gasteiger partial charge in [0.05, 0.1) is 5.41 Å². The monoisotopic (exact) mass is 658 g/mol. The van der Waals surface area contributed by atoms with Crippen LogP contribution in [0, 0.1) is 0 Å². The molecule has 9 aromatic rings. The minimum atomic E-state index is -0.486. The Hall–Kier alpha value is -6.70. The van der Waals surface area contributed by atoms with Gasteiger partial charge in [0.25, 0.3) is 0 Å². The van der Waals surface area contributed by atoms with Crippen molar-refractivity contribution in [1.29, 1.82) is 0 Å². The van der Waals surface area contributed by atoms with E-state index in [1.165, 1.54) is 93.9 Å². The molecule has 1 spiro atoms. The topological polar surface area (TPSA) is 9.23 Å². The van der Waals surface area contributed by atoms with Crippen molar-refractivity contribution >= 4 is 21.5 Å². The van der Waals surface area contributed by atoms with Crippen LogP contribution in [0.2, 0.25) is 0 Å². The van der Waals surface area contributed by atoms with E-state index >= 15 is 0 Å². The fourth-order valence-electron chi connectivity index (χ4n) is 9.80. The van der Waals surface area contributed by atoms with Crippen LogP contribution >= 0.6 is 0 Å². The number of fused-ring (bicyclic) bond motifs is 14. The van der Waals surface area contributed by atoms with Gasteiger partial charge in [-0.05, 0) is 119 Å². The van der Waals surface area contributed by atoms with Gasteiger partial charge in [-0.1, -0.05) is 152 Å². The Labute approximate surface area is 302 Å². The Morgan fingerprint density at radius 2 is 1.02 bits per heavy atom. The van der Waals surface area contributed by atoms with Crippen LogP contribution in [-0.4, -0.2) is 0 Å². The SMILES string of the molecule is c1ccc(-c2cc(-c3ccc4c(c3)-c3cccc5cccc(c35)O4)cc3c2-c2ccc4ccccc4c2C32c3ccccc3-c3ccccc32)cc1. The van der Waals surface area contributed by atoms with Crippen molar-refractivity contribution in [2.24, 2.45) is 0 Å². The average Bonchev–Trinajstić information content (AvgIpc) is 3.68. The lowest BCUT2D eigenvalue weighted by atomic mass is 9.69. The van der Waals surface area contributed by atoms with Gasteiger partial charge < -0.3 is 4.74 Å². The normalized spacial score (nSPS) is 13.7. The van der Waals surface area contributed by atoms with Crippen molar-refractivity contribution in [2.45, 2.75) is 5.41 Å². The summed E-state index contributed by atoms with van der Waals surface area (Å²) < 4.78 is 6.54. The van der Waals surface area contributed by atoms with Crippen molar-refractivity contribution in [3.63, 3.8) is 0 Å². The molecule has 0 atom stereocenters. The molecule has 0 saturated carbocycles. The van der Waals surface area contributed by atoms with Crippen LogP contribution in [-0.2, 0) is 5.41 Å². The Morgan fingerprint density at radius 1 is 0.346 bits per heavy atom. The van der Waals surface area contributed by atoms with Gasteiger partial charge in [0.15, 0.2) is 0 Å². The van der Waals surface area contributed by atoms with Gasteiger partial charge >= 0.3 is 0 Å². The van der Waals surface area contributed by atoms with Crippen LogP contribution < -0.4 is 4.74 Å². The summed E-state index contributed by atoms with van der Waals surface area (Å²) in [4.78, 5) is 0. The van der Waals surface area contributed by atoms with E-state index in [9.17, 15) is 0 Å². The van der Waals surface area contributed by atoms with Crippen molar-refractivity contribution in [3.05, 3.63) is 204 Å². The third-order valence-corrected chi connectivity index (χ3v) is 11.8. The lowest BCUT2D eigenvalue weighted by molar-refractivity contribution is 0.487. The van der Waals surface area contributed by atoms with E-state index in [4.69, 9.17) is 4.74 Å². The van der Waals surface area contributed by atoms with E-state index in [2.05, 4.69) is 182 Å². The Morgan fingerprint density at radius 3 is 1.85 bits per heavy atom. The number of rotatable bonds is 2. The molecular formula is C51H30O. The standard InChI is InChI=1S/C51H30O/c1-2-12-31(13-3-1)41-29-35(34-25-27-46-42(28-34)39-20-10-15-33-16-11-23-47(52-46)48(33)39)30-45-49(41)40-26-24-32-14-4-5-17-36(32)50(40)51(45)43-21-8-6-18-37(43)38-19-7-9-22-44(38)51/h1-30H. The second kappa shape index (κ2) is 10.2. The van der Waals surface area contributed by atoms with Crippen LogP contribution in [0.3, 0.4) is 0 Å². The molecule has 1 nitrogen and oxygen atoms in total. The smallest absolute Gasteiger partial charge is 0.135 e. The van der Waals surface area contributed by atoms with Gasteiger partial charge in [-0.25, -0.2) is 0 Å². The molecule has 0 saturated heterocycles. The summed E-state index contributed by atoms with van der Waals surface area (Å²) in [5.41, 5.74) is 17.4. The molecule has 9 aromatic carbocycles. The lowest BCUT2D eigenvalue weighted by Gasteiger charge is -2.32. The van der Waals surface area contributed by atoms with Crippen LogP contribution in [0.1, 0.15) is 22.3 Å². The highest BCUT2D eigenvalue weighted by Crippen LogP contribution is 2.66. The molecule has 1 heterocycles. The highest BCUT2D eigenvalue weighted by atomic mass is 16.5. The molecule has 0 N–H and O–H groups in total. The number of ether oxygens (including phenoxy) is 1. The predicted molar refractivity (Wildman–Crippen MR) is 214 cm³/mol. The highest BCUT2D eigenvalue weighted by molar-refractivity contribution is 6.08. The van der Waals surface area contributed by atoms with Gasteiger partial charge in [-0.15, -0.1) is 0 Å². The summed E-state index contributed by atoms with van der Waals surface area (Å²) in [7, 11) is 0. The molecule has 0 bridgehead atoms. The third-order valence-electron chi connectivity index (χ3n) is 11.8. The molecular weight excluding hydrogens is 629 g/mol. The minimum Gasteiger partial charge on any atom is -0.456 e. The molecule has 1 aliphatic heterocycles. The van der Waals surface area contributed by atoms with E-state index < -0.39 is 5.41 Å². The van der Waals surface area contributed by atoms with Gasteiger partial charge in [0.1, 0.15) is 11.5 Å². The summed E-state index contributed by atoms with van der Waals surface area (Å²) in [6, 6.07) is 67.4. The quantitative estimate of drug-likeness (QED) is 0.180. The maximum Gasteiger partial charge on any atom is 0.135 e. The molecule has 0 radical (unpaired) electrons. The number of hydrogen-bond acceptors (Lipinski definition) is 1. The zero-order valence-corrected chi connectivity index (χ0v) is 28.2. The maximum absolute atomic E-state index is 6.54. The first-order valence-corrected chi connectivity index (χ1v) is 18.1. The van der Waals surface area contributed by atoms with Crippen molar-refractivity contribution < 1.29 is 4.74 Å². The first-order valence-electron chi connectivity index (χ1n) is 18.1. The number of benzene rings is 9. The lowest BCUT2D eigenvalue weighted by Crippen LogP contribution is -2.26. The van der Waals surface area contributed by atoms with Gasteiger partial charge in [-0.2, -0.15) is 0 Å². The molecule has 52 heavy (non-hydrogen) atoms. The zero-order chi connectivity index (χ0) is 34.0. The van der Waals surface area contributed by atoms with Crippen molar-refractivity contribution in [1.82, 2.24) is 0 Å². The fourth-order valence-corrected chi connectivity index (χ4v) is 9.80. The summed E-state index contributed by atoms with van der Waals surface area (Å²) in [5, 5.41) is 4.94. The molecule has 3 aliphatic rings. The Kier molecular flexibility index (Phi) is 5.49. The van der Waals surface area contributed by atoms with E-state index in [0.717, 1.165) is 17.1 Å². The maximum atomic E-state index is 6.54. The molecule has 0 fully saturated rings. The van der Waals surface area contributed by atoms with E-state index in [1.807, 2.05) is 0 Å². The summed E-state index contributed by atoms with van der Waals surface area (Å²) in [5.74, 6) is 1.82. The second-order valence-electron chi connectivity index (χ2n) is 14.3. The zero-order valence-electron chi connectivity index (χ0n) is 28.2. The third kappa shape index (κ3) is 3.52. The van der Waals surface area contributed by atoms with E-state index in [0.29, 0.717) is 0 Å². The van der Waals surface area contributed by atoms with E-state index in [-0.39, 0.29) is 0 Å². The summed E-state index contributed by atoms with van der Waals surface area (Å²) >= 11 is 0. The molecule has 0 aromatic heterocycles. The average molecular weight is 659 g/mol. The van der Waals surface area contributed by atoms with Gasteiger partial charge in [0, 0.05) is 10.9 Å². The summed E-state index contributed by atoms with van der Waals surface area (Å²) in [6.07, 6.45) is 0. The van der Waals surface area contributed by atoms with Crippen molar-refractivity contribution in [2.75, 3.05) is 0 Å². The number of hydrogen-bond donors (Lipinski definition) is 0. The van der Waals surface area contributed by atoms with Crippen molar-refractivity contribution in [3.8, 4) is 67.1 Å². The van der Waals surface area contributed by atoms with E-state index in [1.54, 1.807) is 0 Å². The minimum absolute atomic E-state index is 0.486. The highest BCUT2D eigenvalue weighted by Gasteiger charge is 2.53. The predicted octanol–water partition coefficient (Wildman–Crippen LogP) is 13.4. The van der Waals surface area contributed by atoms with Crippen LogP contribution in [0.5, 0.6) is 11.5 Å². The Bertz CT molecular complexity index is 2940. The fraction of sp³-hybridized carbons (Fsp3) is 0.0196. The van der Waals surface area contributed by atoms with Gasteiger partial charge in [-0.3, -0.25) is 0 Å². The van der Waals surface area contributed by atoms with Crippen LogP contribution in [0.25, 0.3) is 77.2 Å². The van der Waals surface area contributed by atoms with Crippen LogP contribution in [0.4, 0.5) is 0 Å². The van der Waals surface area contributed by atoms with Crippen LogP contribution in [0.15, 0.2) is 182 Å². The molecule has 0 amide bonds. The van der Waals surface area contributed by atoms with Gasteiger partial charge in [0.2, 0.25) is 0 Å². The first-order chi connectivity index (χ1) is 25.8. The second-order valence-corrected chi connectivity index (χ2v) is 14.3. The molecule has 240 valence electrons.